The third-order valence-corrected chi connectivity index (χ3v) is 7.55. The summed E-state index contributed by atoms with van der Waals surface area (Å²) in [4.78, 5) is 0. The van der Waals surface area contributed by atoms with Crippen molar-refractivity contribution in [3.8, 4) is 0 Å². The fourth-order valence-electron chi connectivity index (χ4n) is 2.30. The Morgan fingerprint density at radius 3 is 0.680 bits per heavy atom. The van der Waals surface area contributed by atoms with Crippen LogP contribution >= 0.6 is 0 Å². The smallest absolute Gasteiger partial charge is 0.326 e. The van der Waals surface area contributed by atoms with E-state index in [2.05, 4.69) is 0 Å². The van der Waals surface area contributed by atoms with Crippen LogP contribution in [0.2, 0.25) is 0 Å². The monoisotopic (exact) mass is 852 g/mol. The average Bonchev–Trinajstić information content (AvgIpc) is 2.78. The molecule has 0 fully saturated rings. The summed E-state index contributed by atoms with van der Waals surface area (Å²) in [5, 5.41) is 0. The minimum atomic E-state index is -12.3. The molecule has 0 aliphatic heterocycles. The molecule has 0 aliphatic rings. The Kier molecular flexibility index (Phi) is 11.4. The zero-order chi connectivity index (χ0) is 41.6. The second-order valence-corrected chi connectivity index (χ2v) is 10.8. The molecule has 1 atom stereocenters. The van der Waals surface area contributed by atoms with Crippen LogP contribution in [0.4, 0.5) is 140 Å². The fraction of sp³-hybridized carbons (Fsp3) is 1.00. The normalized spacial score (nSPS) is 18.0. The first kappa shape index (κ1) is 47.9. The second-order valence-electron chi connectivity index (χ2n) is 8.43. The molecule has 0 bridgehead atoms. The summed E-state index contributed by atoms with van der Waals surface area (Å²) in [5.74, 6) is -57.2. The highest BCUT2D eigenvalue weighted by Gasteiger charge is 2.97. The summed E-state index contributed by atoms with van der Waals surface area (Å²) < 4.78 is 426. The van der Waals surface area contributed by atoms with Crippen LogP contribution in [0.3, 0.4) is 0 Å². The molecule has 0 radical (unpaired) electrons. The van der Waals surface area contributed by atoms with E-state index in [0.717, 1.165) is 13.3 Å². The maximum Gasteiger partial charge on any atom is 0.597 e. The van der Waals surface area contributed by atoms with Gasteiger partial charge in [0.2, 0.25) is 0 Å². The van der Waals surface area contributed by atoms with Gasteiger partial charge in [-0.1, -0.05) is 0 Å². The van der Waals surface area contributed by atoms with Crippen molar-refractivity contribution in [3.63, 3.8) is 0 Å². The summed E-state index contributed by atoms with van der Waals surface area (Å²) in [5.41, 5.74) is -9.67. The Labute approximate surface area is 248 Å². The van der Waals surface area contributed by atoms with Gasteiger partial charge in [-0.25, -0.2) is 0 Å². The van der Waals surface area contributed by atoms with Crippen LogP contribution in [-0.2, 0) is 13.3 Å². The molecule has 0 aliphatic carbocycles. The number of alkyl halides is 32. The molecule has 302 valence electrons. The maximum absolute atomic E-state index is 14.9. The molecule has 1 unspecified atom stereocenters. The molecule has 0 aromatic carbocycles. The highest BCUT2D eigenvalue weighted by atomic mass is 28.4. The van der Waals surface area contributed by atoms with E-state index in [0.29, 0.717) is 0 Å². The summed E-state index contributed by atoms with van der Waals surface area (Å²) in [7, 11) is -12.3. The van der Waals surface area contributed by atoms with Gasteiger partial charge in [0.05, 0.1) is 0 Å². The molecule has 0 heterocycles. The van der Waals surface area contributed by atoms with Gasteiger partial charge in [0.1, 0.15) is 0 Å². The van der Waals surface area contributed by atoms with E-state index in [4.69, 9.17) is 0 Å². The standard InChI is InChI=1S/C14F32O3Si/c15-1(16,2(17,18)7(26,27)28)6(25,3(19,20)8(29,30)31)47-50(14(45,46)11(38,39)40,48-12(41,42)4(21,22)9(32,33)34)49-13(43,44)5(23,24)10(35,36)37. The van der Waals surface area contributed by atoms with Gasteiger partial charge in [-0.05, 0) is 0 Å². The third kappa shape index (κ3) is 6.99. The number of rotatable bonds is 12. The number of hydrogen-bond donors (Lipinski definition) is 0. The van der Waals surface area contributed by atoms with Gasteiger partial charge in [0, 0.05) is 0 Å². The van der Waals surface area contributed by atoms with Gasteiger partial charge in [0.15, 0.2) is 0 Å². The SMILES string of the molecule is FC(F)(F)C(F)(F)C(F)(F)O[Si](OC(F)(F)C(F)(F)C(F)(F)F)(OC(F)(C(F)(F)C(F)(F)F)C(F)(F)C(F)(F)C(F)(F)F)C(F)(F)C(F)(F)F. The lowest BCUT2D eigenvalue weighted by molar-refractivity contribution is -0.481. The first-order valence-corrected chi connectivity index (χ1v) is 11.7. The lowest BCUT2D eigenvalue weighted by atomic mass is 9.96. The van der Waals surface area contributed by atoms with Gasteiger partial charge < -0.3 is 13.3 Å². The van der Waals surface area contributed by atoms with Crippen molar-refractivity contribution in [3.05, 3.63) is 0 Å². The molecule has 0 amide bonds. The first-order valence-electron chi connectivity index (χ1n) is 10.0. The van der Waals surface area contributed by atoms with E-state index < -0.39 is 92.9 Å². The topological polar surface area (TPSA) is 27.7 Å². The predicted molar refractivity (Wildman–Crippen MR) is 82.7 cm³/mol. The molecule has 0 aromatic heterocycles. The average molecular weight is 852 g/mol. The Balaban J connectivity index is 9.17. The fourth-order valence-corrected chi connectivity index (χ4v) is 4.71. The number of hydrogen-bond acceptors (Lipinski definition) is 3. The van der Waals surface area contributed by atoms with Crippen LogP contribution in [0.15, 0.2) is 0 Å². The van der Waals surface area contributed by atoms with Crippen molar-refractivity contribution in [2.24, 2.45) is 0 Å². The zero-order valence-electron chi connectivity index (χ0n) is 20.8. The van der Waals surface area contributed by atoms with Gasteiger partial charge >= 0.3 is 92.9 Å². The van der Waals surface area contributed by atoms with Crippen molar-refractivity contribution in [1.82, 2.24) is 0 Å². The van der Waals surface area contributed by atoms with Crippen LogP contribution < -0.4 is 0 Å². The molecule has 50 heavy (non-hydrogen) atoms. The Morgan fingerprint density at radius 2 is 0.480 bits per heavy atom. The first-order chi connectivity index (χ1) is 20.9. The van der Waals surface area contributed by atoms with Gasteiger partial charge in [-0.15, -0.1) is 0 Å². The van der Waals surface area contributed by atoms with E-state index in [1.165, 1.54) is 0 Å². The quantitative estimate of drug-likeness (QED) is 0.145. The highest BCUT2D eigenvalue weighted by Crippen LogP contribution is 2.64. The van der Waals surface area contributed by atoms with Crippen molar-refractivity contribution >= 4 is 8.80 Å². The van der Waals surface area contributed by atoms with Gasteiger partial charge in [0.25, 0.3) is 0 Å². The molecule has 36 heteroatoms. The van der Waals surface area contributed by atoms with E-state index in [-0.39, 0.29) is 0 Å². The Bertz CT molecular complexity index is 1160. The van der Waals surface area contributed by atoms with Crippen LogP contribution in [0.25, 0.3) is 0 Å². The summed E-state index contributed by atoms with van der Waals surface area (Å²) in [6.07, 6.45) is -62.5. The summed E-state index contributed by atoms with van der Waals surface area (Å²) >= 11 is 0. The summed E-state index contributed by atoms with van der Waals surface area (Å²) in [6, 6.07) is 0. The van der Waals surface area contributed by atoms with Crippen LogP contribution in [0.1, 0.15) is 0 Å². The molecule has 0 saturated heterocycles. The van der Waals surface area contributed by atoms with E-state index in [1.54, 1.807) is 0 Å². The van der Waals surface area contributed by atoms with E-state index >= 15 is 0 Å². The lowest BCUT2D eigenvalue weighted by Crippen LogP contribution is -2.81. The van der Waals surface area contributed by atoms with Gasteiger partial charge in [-0.2, -0.15) is 140 Å². The molecule has 0 rings (SSSR count). The largest absolute Gasteiger partial charge is 0.597 e. The van der Waals surface area contributed by atoms with Crippen LogP contribution in [0, 0.1) is 0 Å². The zero-order valence-corrected chi connectivity index (χ0v) is 21.8. The van der Waals surface area contributed by atoms with Crippen LogP contribution in [-0.4, -0.2) is 92.9 Å². The van der Waals surface area contributed by atoms with Crippen molar-refractivity contribution < 1.29 is 154 Å². The van der Waals surface area contributed by atoms with Crippen molar-refractivity contribution in [2.45, 2.75) is 84.1 Å². The lowest BCUT2D eigenvalue weighted by Gasteiger charge is -2.48. The number of halogens is 32. The predicted octanol–water partition coefficient (Wildman–Crippen LogP) is 9.99. The van der Waals surface area contributed by atoms with Crippen LogP contribution in [0.5, 0.6) is 0 Å². The third-order valence-electron chi connectivity index (χ3n) is 4.90. The minimum absolute atomic E-state index is 0.838. The maximum atomic E-state index is 14.9. The van der Waals surface area contributed by atoms with E-state index in [9.17, 15) is 140 Å². The minimum Gasteiger partial charge on any atom is -0.326 e. The molecule has 0 spiro atoms. The van der Waals surface area contributed by atoms with Crippen molar-refractivity contribution in [1.29, 1.82) is 0 Å². The summed E-state index contributed by atoms with van der Waals surface area (Å²) in [6.45, 7) is 0. The molecule has 0 N–H and O–H groups in total. The molecule has 0 saturated carbocycles. The second kappa shape index (κ2) is 11.9. The van der Waals surface area contributed by atoms with Gasteiger partial charge in [-0.3, -0.25) is 0 Å². The molecule has 0 aromatic rings. The molecular formula is C14F32O3Si. The highest BCUT2D eigenvalue weighted by molar-refractivity contribution is 6.64. The Hall–Kier alpha value is -2.14. The van der Waals surface area contributed by atoms with Crippen molar-refractivity contribution in [2.75, 3.05) is 0 Å². The Morgan fingerprint density at radius 1 is 0.240 bits per heavy atom. The van der Waals surface area contributed by atoms with E-state index in [1.807, 2.05) is 0 Å². The molecular weight excluding hydrogens is 852 g/mol. The molecule has 3 nitrogen and oxygen atoms in total.